The summed E-state index contributed by atoms with van der Waals surface area (Å²) >= 11 is 3.44. The fraction of sp³-hybridized carbons (Fsp3) is 0.286. The highest BCUT2D eigenvalue weighted by atomic mass is 79.9. The molecule has 0 aliphatic heterocycles. The van der Waals surface area contributed by atoms with Gasteiger partial charge < -0.3 is 9.72 Å². The summed E-state index contributed by atoms with van der Waals surface area (Å²) in [6.45, 7) is 6.06. The molecule has 0 bridgehead atoms. The van der Waals surface area contributed by atoms with Crippen LogP contribution in [-0.4, -0.2) is 22.5 Å². The number of esters is 1. The maximum absolute atomic E-state index is 11.9. The van der Waals surface area contributed by atoms with E-state index < -0.39 is 0 Å². The van der Waals surface area contributed by atoms with Crippen LogP contribution in [0.3, 0.4) is 0 Å². The quantitative estimate of drug-likeness (QED) is 0.878. The Hall–Kier alpha value is -1.62. The summed E-state index contributed by atoms with van der Waals surface area (Å²) < 4.78 is 5.84. The molecule has 4 nitrogen and oxygen atoms in total. The number of hydrogen-bond donors (Lipinski definition) is 1. The fourth-order valence-electron chi connectivity index (χ4n) is 1.98. The Morgan fingerprint density at radius 1 is 1.42 bits per heavy atom. The topological polar surface area (TPSA) is 55.0 Å². The average Bonchev–Trinajstić information content (AvgIpc) is 2.70. The lowest BCUT2D eigenvalue weighted by Crippen LogP contribution is -2.07. The van der Waals surface area contributed by atoms with Gasteiger partial charge in [-0.15, -0.1) is 0 Å². The number of hydrogen-bond acceptors (Lipinski definition) is 3. The van der Waals surface area contributed by atoms with E-state index in [9.17, 15) is 4.79 Å². The van der Waals surface area contributed by atoms with E-state index in [0.29, 0.717) is 12.3 Å². The van der Waals surface area contributed by atoms with Gasteiger partial charge in [-0.05, 0) is 54.4 Å². The van der Waals surface area contributed by atoms with Gasteiger partial charge >= 0.3 is 5.97 Å². The number of carbonyl (C=O) groups is 1. The Bertz CT molecular complexity index is 600. The summed E-state index contributed by atoms with van der Waals surface area (Å²) in [6, 6.07) is 3.94. The lowest BCUT2D eigenvalue weighted by molar-refractivity contribution is 0.0521. The lowest BCUT2D eigenvalue weighted by atomic mass is 10.1. The van der Waals surface area contributed by atoms with Crippen LogP contribution < -0.4 is 0 Å². The normalized spacial score (nSPS) is 10.5. The highest BCUT2D eigenvalue weighted by Gasteiger charge is 2.20. The molecule has 0 aromatic carbocycles. The van der Waals surface area contributed by atoms with Crippen molar-refractivity contribution in [3.63, 3.8) is 0 Å². The van der Waals surface area contributed by atoms with Crippen molar-refractivity contribution in [1.82, 2.24) is 9.97 Å². The summed E-state index contributed by atoms with van der Waals surface area (Å²) in [6.07, 6.45) is 1.72. The molecule has 0 saturated carbocycles. The summed E-state index contributed by atoms with van der Waals surface area (Å²) in [5.74, 6) is -0.371. The van der Waals surface area contributed by atoms with E-state index in [-0.39, 0.29) is 5.97 Å². The van der Waals surface area contributed by atoms with Crippen LogP contribution in [0.5, 0.6) is 0 Å². The molecule has 0 unspecified atom stereocenters. The number of aromatic amines is 1. The number of rotatable bonds is 3. The van der Waals surface area contributed by atoms with Gasteiger partial charge in [-0.1, -0.05) is 0 Å². The van der Waals surface area contributed by atoms with Crippen molar-refractivity contribution in [3.05, 3.63) is 39.8 Å². The Morgan fingerprint density at radius 3 is 2.79 bits per heavy atom. The number of nitrogens with zero attached hydrogens (tertiary/aromatic N) is 1. The maximum Gasteiger partial charge on any atom is 0.355 e. The predicted molar refractivity (Wildman–Crippen MR) is 77.2 cm³/mol. The Balaban J connectivity index is 2.55. The molecule has 0 fully saturated rings. The van der Waals surface area contributed by atoms with E-state index in [1.807, 2.05) is 26.0 Å². The molecule has 100 valence electrons. The minimum Gasteiger partial charge on any atom is -0.461 e. The van der Waals surface area contributed by atoms with Gasteiger partial charge in [-0.25, -0.2) is 4.79 Å². The molecule has 0 aliphatic carbocycles. The maximum atomic E-state index is 11.9. The summed E-state index contributed by atoms with van der Waals surface area (Å²) in [5, 5.41) is 0. The molecule has 0 saturated heterocycles. The number of pyridine rings is 1. The van der Waals surface area contributed by atoms with Crippen molar-refractivity contribution >= 4 is 21.9 Å². The van der Waals surface area contributed by atoms with E-state index in [1.54, 1.807) is 13.1 Å². The molecule has 2 aromatic heterocycles. The van der Waals surface area contributed by atoms with Crippen LogP contribution >= 0.6 is 15.9 Å². The third-order valence-electron chi connectivity index (χ3n) is 2.67. The van der Waals surface area contributed by atoms with E-state index in [1.165, 1.54) is 0 Å². The second kappa shape index (κ2) is 5.57. The first-order valence-corrected chi connectivity index (χ1v) is 6.82. The van der Waals surface area contributed by atoms with Crippen LogP contribution in [0.1, 0.15) is 28.7 Å². The van der Waals surface area contributed by atoms with Crippen molar-refractivity contribution in [2.24, 2.45) is 0 Å². The smallest absolute Gasteiger partial charge is 0.355 e. The molecule has 1 N–H and O–H groups in total. The zero-order chi connectivity index (χ0) is 14.0. The molecule has 0 radical (unpaired) electrons. The van der Waals surface area contributed by atoms with Crippen molar-refractivity contribution in [3.8, 4) is 11.3 Å². The fourth-order valence-corrected chi connectivity index (χ4v) is 2.50. The molecule has 0 spiro atoms. The third kappa shape index (κ3) is 2.87. The van der Waals surface area contributed by atoms with Gasteiger partial charge in [-0.2, -0.15) is 0 Å². The minimum absolute atomic E-state index is 0.342. The van der Waals surface area contributed by atoms with Gasteiger partial charge in [0.25, 0.3) is 0 Å². The number of nitrogens with one attached hydrogen (secondary N) is 1. The van der Waals surface area contributed by atoms with Crippen LogP contribution in [0.2, 0.25) is 0 Å². The van der Waals surface area contributed by atoms with E-state index >= 15 is 0 Å². The van der Waals surface area contributed by atoms with Crippen molar-refractivity contribution in [2.75, 3.05) is 6.61 Å². The monoisotopic (exact) mass is 322 g/mol. The first-order chi connectivity index (χ1) is 9.02. The van der Waals surface area contributed by atoms with Gasteiger partial charge in [0.2, 0.25) is 0 Å². The third-order valence-corrected chi connectivity index (χ3v) is 3.29. The lowest BCUT2D eigenvalue weighted by Gasteiger charge is -2.06. The minimum atomic E-state index is -0.371. The zero-order valence-electron chi connectivity index (χ0n) is 11.1. The van der Waals surface area contributed by atoms with Crippen molar-refractivity contribution < 1.29 is 9.53 Å². The molecular formula is C14H15BrN2O2. The summed E-state index contributed by atoms with van der Waals surface area (Å²) in [5.41, 5.74) is 3.94. The van der Waals surface area contributed by atoms with Gasteiger partial charge in [0.1, 0.15) is 5.69 Å². The number of H-pyrrole nitrogens is 1. The van der Waals surface area contributed by atoms with Gasteiger partial charge in [0.05, 0.1) is 12.3 Å². The number of aromatic nitrogens is 2. The number of halogens is 1. The average molecular weight is 323 g/mol. The van der Waals surface area contributed by atoms with E-state index in [0.717, 1.165) is 27.0 Å². The first kappa shape index (κ1) is 13.8. The highest BCUT2D eigenvalue weighted by Crippen LogP contribution is 2.31. The molecule has 5 heteroatoms. The van der Waals surface area contributed by atoms with Crippen LogP contribution in [0, 0.1) is 13.8 Å². The second-order valence-electron chi connectivity index (χ2n) is 4.28. The van der Waals surface area contributed by atoms with Gasteiger partial charge in [0, 0.05) is 21.9 Å². The Labute approximate surface area is 120 Å². The molecule has 2 heterocycles. The van der Waals surface area contributed by atoms with Crippen molar-refractivity contribution in [1.29, 1.82) is 0 Å². The molecule has 19 heavy (non-hydrogen) atoms. The van der Waals surface area contributed by atoms with Crippen LogP contribution in [-0.2, 0) is 4.74 Å². The largest absolute Gasteiger partial charge is 0.461 e. The number of aryl methyl sites for hydroxylation is 2. The molecule has 0 amide bonds. The van der Waals surface area contributed by atoms with E-state index in [4.69, 9.17) is 4.74 Å². The molecule has 2 rings (SSSR count). The predicted octanol–water partition coefficient (Wildman–Crippen LogP) is 3.63. The Morgan fingerprint density at radius 2 is 2.16 bits per heavy atom. The van der Waals surface area contributed by atoms with Gasteiger partial charge in [0.15, 0.2) is 0 Å². The van der Waals surface area contributed by atoms with Gasteiger partial charge in [-0.3, -0.25) is 4.98 Å². The molecule has 0 atom stereocenters. The number of carbonyl (C=O) groups excluding carboxylic acids is 1. The number of ether oxygens (including phenoxy) is 1. The summed E-state index contributed by atoms with van der Waals surface area (Å²) in [4.78, 5) is 19.3. The molecule has 0 aliphatic rings. The molecule has 2 aromatic rings. The zero-order valence-corrected chi connectivity index (χ0v) is 12.7. The summed E-state index contributed by atoms with van der Waals surface area (Å²) in [7, 11) is 0. The van der Waals surface area contributed by atoms with Crippen molar-refractivity contribution in [2.45, 2.75) is 20.8 Å². The van der Waals surface area contributed by atoms with Crippen LogP contribution in [0.4, 0.5) is 0 Å². The highest BCUT2D eigenvalue weighted by molar-refractivity contribution is 9.10. The Kier molecular flexibility index (Phi) is 4.04. The van der Waals surface area contributed by atoms with Crippen LogP contribution in [0.15, 0.2) is 22.8 Å². The second-order valence-corrected chi connectivity index (χ2v) is 5.13. The standard InChI is InChI=1S/C14H15BrN2O2/c1-4-19-14(18)13-12(10(15)7-16-13)11-6-8(2)5-9(3)17-11/h5-7,16H,4H2,1-3H3. The molecular weight excluding hydrogens is 308 g/mol. The first-order valence-electron chi connectivity index (χ1n) is 6.02. The van der Waals surface area contributed by atoms with E-state index in [2.05, 4.69) is 25.9 Å². The van der Waals surface area contributed by atoms with Crippen LogP contribution in [0.25, 0.3) is 11.3 Å². The SMILES string of the molecule is CCOC(=O)c1[nH]cc(Br)c1-c1cc(C)cc(C)n1.